The Morgan fingerprint density at radius 3 is 2.34 bits per heavy atom. The Balaban J connectivity index is 1.68. The van der Waals surface area contributed by atoms with Crippen molar-refractivity contribution in [2.24, 2.45) is 0 Å². The number of anilines is 1. The van der Waals surface area contributed by atoms with Gasteiger partial charge in [-0.2, -0.15) is 13.2 Å². The highest BCUT2D eigenvalue weighted by Gasteiger charge is 2.28. The lowest BCUT2D eigenvalue weighted by molar-refractivity contribution is -0.123. The minimum Gasteiger partial charge on any atom is -0.488 e. The van der Waals surface area contributed by atoms with Crippen LogP contribution >= 0.6 is 11.6 Å². The smallest absolute Gasteiger partial charge is 0.405 e. The molecule has 0 radical (unpaired) electrons. The van der Waals surface area contributed by atoms with E-state index in [1.807, 2.05) is 0 Å². The lowest BCUT2D eigenvalue weighted by Gasteiger charge is -2.13. The first-order valence-corrected chi connectivity index (χ1v) is 9.82. The van der Waals surface area contributed by atoms with Crippen molar-refractivity contribution in [1.29, 1.82) is 0 Å². The van der Waals surface area contributed by atoms with Gasteiger partial charge in [0.1, 0.15) is 18.9 Å². The molecule has 0 unspecified atom stereocenters. The molecular weight excluding hydrogens is 445 g/mol. The molecule has 0 saturated carbocycles. The van der Waals surface area contributed by atoms with Crippen LogP contribution in [0.5, 0.6) is 5.75 Å². The third-order valence-electron chi connectivity index (χ3n) is 4.27. The predicted octanol–water partition coefficient (Wildman–Crippen LogP) is 5.46. The number of carbonyl (C=O) groups is 2. The Kier molecular flexibility index (Phi) is 7.37. The summed E-state index contributed by atoms with van der Waals surface area (Å²) in [5.41, 5.74) is 1.36. The fourth-order valence-electron chi connectivity index (χ4n) is 2.74. The number of ether oxygens (including phenoxy) is 1. The van der Waals surface area contributed by atoms with Crippen LogP contribution in [-0.2, 0) is 6.61 Å². The van der Waals surface area contributed by atoms with Gasteiger partial charge in [-0.1, -0.05) is 41.9 Å². The number of hydrogen-bond acceptors (Lipinski definition) is 3. The zero-order valence-electron chi connectivity index (χ0n) is 16.6. The minimum atomic E-state index is -4.52. The number of para-hydroxylation sites is 1. The number of alkyl halides is 3. The van der Waals surface area contributed by atoms with Gasteiger partial charge in [0, 0.05) is 16.3 Å². The summed E-state index contributed by atoms with van der Waals surface area (Å²) in [6.07, 6.45) is -4.52. The number of hydrogen-bond donors (Lipinski definition) is 2. The number of halogens is 4. The molecule has 0 aromatic heterocycles. The zero-order chi connectivity index (χ0) is 23.1. The molecule has 0 bridgehead atoms. The Morgan fingerprint density at radius 1 is 0.906 bits per heavy atom. The Bertz CT molecular complexity index is 1100. The van der Waals surface area contributed by atoms with Gasteiger partial charge in [0.25, 0.3) is 11.8 Å². The van der Waals surface area contributed by atoms with Crippen LogP contribution in [0.4, 0.5) is 18.9 Å². The molecule has 3 rings (SSSR count). The average Bonchev–Trinajstić information content (AvgIpc) is 2.77. The second kappa shape index (κ2) is 10.2. The van der Waals surface area contributed by atoms with Crippen LogP contribution in [0.25, 0.3) is 0 Å². The number of rotatable bonds is 7. The molecule has 3 aromatic carbocycles. The summed E-state index contributed by atoms with van der Waals surface area (Å²) in [6, 6.07) is 19.3. The lowest BCUT2D eigenvalue weighted by Crippen LogP contribution is -2.33. The molecule has 0 aliphatic rings. The molecule has 166 valence electrons. The summed E-state index contributed by atoms with van der Waals surface area (Å²) < 4.78 is 42.7. The maximum atomic E-state index is 12.8. The standard InChI is InChI=1S/C23H18ClF3N2O3/c24-17-10-8-15(9-11-17)13-32-20-7-2-1-6-19(20)22(31)29-18-5-3-4-16(12-18)21(30)28-14-23(25,26)27/h1-12H,13-14H2,(H,28,30)(H,29,31). The van der Waals surface area contributed by atoms with Crippen LogP contribution in [0.2, 0.25) is 5.02 Å². The van der Waals surface area contributed by atoms with Crippen molar-refractivity contribution in [1.82, 2.24) is 5.32 Å². The summed E-state index contributed by atoms with van der Waals surface area (Å²) in [5, 5.41) is 5.02. The van der Waals surface area contributed by atoms with Gasteiger partial charge >= 0.3 is 6.18 Å². The van der Waals surface area contributed by atoms with Crippen LogP contribution < -0.4 is 15.4 Å². The third-order valence-corrected chi connectivity index (χ3v) is 4.52. The van der Waals surface area contributed by atoms with Gasteiger partial charge in [0.15, 0.2) is 0 Å². The van der Waals surface area contributed by atoms with Crippen molar-refractivity contribution >= 4 is 29.1 Å². The number of nitrogens with one attached hydrogen (secondary N) is 2. The van der Waals surface area contributed by atoms with Crippen LogP contribution in [0.15, 0.2) is 72.8 Å². The van der Waals surface area contributed by atoms with Crippen LogP contribution in [0, 0.1) is 0 Å². The minimum absolute atomic E-state index is 0.0145. The zero-order valence-corrected chi connectivity index (χ0v) is 17.3. The molecule has 0 aliphatic heterocycles. The van der Waals surface area contributed by atoms with Gasteiger partial charge in [-0.25, -0.2) is 0 Å². The predicted molar refractivity (Wildman–Crippen MR) is 115 cm³/mol. The van der Waals surface area contributed by atoms with Gasteiger partial charge in [-0.3, -0.25) is 9.59 Å². The maximum Gasteiger partial charge on any atom is 0.405 e. The summed E-state index contributed by atoms with van der Waals surface area (Å²) in [4.78, 5) is 24.7. The van der Waals surface area contributed by atoms with Crippen molar-refractivity contribution in [3.8, 4) is 5.75 Å². The van der Waals surface area contributed by atoms with Gasteiger partial charge in [-0.05, 0) is 48.0 Å². The normalized spacial score (nSPS) is 11.0. The van der Waals surface area contributed by atoms with Crippen molar-refractivity contribution in [2.75, 3.05) is 11.9 Å². The summed E-state index contributed by atoms with van der Waals surface area (Å²) >= 11 is 5.87. The van der Waals surface area contributed by atoms with Crippen LogP contribution in [0.1, 0.15) is 26.3 Å². The molecule has 0 atom stereocenters. The molecule has 3 aromatic rings. The summed E-state index contributed by atoms with van der Waals surface area (Å²) in [5.74, 6) is -1.05. The van der Waals surface area contributed by atoms with Crippen LogP contribution in [0.3, 0.4) is 0 Å². The van der Waals surface area contributed by atoms with E-state index in [4.69, 9.17) is 16.3 Å². The quantitative estimate of drug-likeness (QED) is 0.489. The molecule has 2 amide bonds. The van der Waals surface area contributed by atoms with Gasteiger partial charge in [-0.15, -0.1) is 0 Å². The highest BCUT2D eigenvalue weighted by molar-refractivity contribution is 6.30. The molecule has 0 aliphatic carbocycles. The first kappa shape index (κ1) is 23.1. The SMILES string of the molecule is O=C(NCC(F)(F)F)c1cccc(NC(=O)c2ccccc2OCc2ccc(Cl)cc2)c1. The van der Waals surface area contributed by atoms with E-state index < -0.39 is 24.5 Å². The first-order chi connectivity index (χ1) is 15.2. The van der Waals surface area contributed by atoms with E-state index in [0.29, 0.717) is 10.8 Å². The van der Waals surface area contributed by atoms with E-state index in [9.17, 15) is 22.8 Å². The van der Waals surface area contributed by atoms with E-state index in [1.165, 1.54) is 24.3 Å². The van der Waals surface area contributed by atoms with Crippen molar-refractivity contribution in [3.05, 3.63) is 94.5 Å². The van der Waals surface area contributed by atoms with E-state index in [1.54, 1.807) is 53.8 Å². The Labute approximate surface area is 187 Å². The number of benzene rings is 3. The fourth-order valence-corrected chi connectivity index (χ4v) is 2.87. The molecule has 0 saturated heterocycles. The molecule has 5 nitrogen and oxygen atoms in total. The topological polar surface area (TPSA) is 67.4 Å². The first-order valence-electron chi connectivity index (χ1n) is 9.44. The van der Waals surface area contributed by atoms with Gasteiger partial charge < -0.3 is 15.4 Å². The Morgan fingerprint density at radius 2 is 1.62 bits per heavy atom. The van der Waals surface area contributed by atoms with Gasteiger partial charge in [0.2, 0.25) is 0 Å². The lowest BCUT2D eigenvalue weighted by atomic mass is 10.1. The van der Waals surface area contributed by atoms with Crippen molar-refractivity contribution < 1.29 is 27.5 Å². The fraction of sp³-hybridized carbons (Fsp3) is 0.130. The van der Waals surface area contributed by atoms with Crippen molar-refractivity contribution in [2.45, 2.75) is 12.8 Å². The average molecular weight is 463 g/mol. The second-order valence-corrected chi connectivity index (χ2v) is 7.18. The highest BCUT2D eigenvalue weighted by atomic mass is 35.5. The highest BCUT2D eigenvalue weighted by Crippen LogP contribution is 2.22. The van der Waals surface area contributed by atoms with E-state index >= 15 is 0 Å². The van der Waals surface area contributed by atoms with E-state index in [2.05, 4.69) is 5.32 Å². The Hall–Kier alpha value is -3.52. The molecular formula is C23H18ClF3N2O3. The molecule has 0 fully saturated rings. The number of carbonyl (C=O) groups excluding carboxylic acids is 2. The van der Waals surface area contributed by atoms with Gasteiger partial charge in [0.05, 0.1) is 5.56 Å². The van der Waals surface area contributed by atoms with E-state index in [0.717, 1.165) is 5.56 Å². The monoisotopic (exact) mass is 462 g/mol. The third kappa shape index (κ3) is 6.75. The molecule has 0 heterocycles. The van der Waals surface area contributed by atoms with Crippen LogP contribution in [-0.4, -0.2) is 24.5 Å². The molecule has 2 N–H and O–H groups in total. The molecule has 0 spiro atoms. The maximum absolute atomic E-state index is 12.8. The summed E-state index contributed by atoms with van der Waals surface area (Å²) in [6.45, 7) is -1.23. The summed E-state index contributed by atoms with van der Waals surface area (Å²) in [7, 11) is 0. The van der Waals surface area contributed by atoms with E-state index in [-0.39, 0.29) is 23.4 Å². The second-order valence-electron chi connectivity index (χ2n) is 6.74. The van der Waals surface area contributed by atoms with Crippen molar-refractivity contribution in [3.63, 3.8) is 0 Å². The number of amides is 2. The molecule has 32 heavy (non-hydrogen) atoms. The largest absolute Gasteiger partial charge is 0.488 e. The molecule has 9 heteroatoms.